The summed E-state index contributed by atoms with van der Waals surface area (Å²) >= 11 is 0. The summed E-state index contributed by atoms with van der Waals surface area (Å²) in [6.45, 7) is 6.65. The Balaban J connectivity index is 2.07. The third-order valence-corrected chi connectivity index (χ3v) is 4.00. The van der Waals surface area contributed by atoms with Crippen molar-refractivity contribution in [2.45, 2.75) is 33.1 Å². The van der Waals surface area contributed by atoms with Crippen LogP contribution in [0, 0.1) is 13.8 Å². The van der Waals surface area contributed by atoms with Crippen molar-refractivity contribution in [2.75, 3.05) is 18.0 Å². The van der Waals surface area contributed by atoms with Crippen molar-refractivity contribution < 1.29 is 0 Å². The number of fused-ring (bicyclic) bond motifs is 1. The summed E-state index contributed by atoms with van der Waals surface area (Å²) in [6.07, 6.45) is 6.00. The minimum absolute atomic E-state index is 1.15. The van der Waals surface area contributed by atoms with Crippen molar-refractivity contribution in [1.82, 2.24) is 4.98 Å². The quantitative estimate of drug-likeness (QED) is 0.753. The lowest BCUT2D eigenvalue weighted by molar-refractivity contribution is 0.574. The first kappa shape index (κ1) is 11.5. The molecule has 1 aromatic carbocycles. The van der Waals surface area contributed by atoms with Gasteiger partial charge in [-0.3, -0.25) is 0 Å². The number of hydrogen-bond donors (Lipinski definition) is 0. The van der Waals surface area contributed by atoms with E-state index in [-0.39, 0.29) is 0 Å². The first-order valence-corrected chi connectivity index (χ1v) is 6.86. The van der Waals surface area contributed by atoms with Crippen LogP contribution in [-0.4, -0.2) is 18.1 Å². The molecule has 0 N–H and O–H groups in total. The van der Waals surface area contributed by atoms with Crippen LogP contribution in [0.5, 0.6) is 0 Å². The van der Waals surface area contributed by atoms with Crippen LogP contribution in [-0.2, 0) is 0 Å². The number of aromatic nitrogens is 1. The maximum Gasteiger partial charge on any atom is 0.129 e. The summed E-state index contributed by atoms with van der Waals surface area (Å²) in [5.74, 6) is 1.15. The van der Waals surface area contributed by atoms with E-state index < -0.39 is 0 Å². The largest absolute Gasteiger partial charge is 0.357 e. The summed E-state index contributed by atoms with van der Waals surface area (Å²) in [6, 6.07) is 6.65. The van der Waals surface area contributed by atoms with Gasteiger partial charge in [0, 0.05) is 24.7 Å². The number of nitrogens with zero attached hydrogens (tertiary/aromatic N) is 2. The lowest BCUT2D eigenvalue weighted by Gasteiger charge is -2.28. The molecule has 1 aliphatic heterocycles. The summed E-state index contributed by atoms with van der Waals surface area (Å²) < 4.78 is 0. The van der Waals surface area contributed by atoms with Crippen LogP contribution >= 0.6 is 0 Å². The van der Waals surface area contributed by atoms with E-state index in [1.54, 1.807) is 0 Å². The SMILES string of the molecule is Cc1ccc(C)c2cc(N3CCCCC3)ncc12. The van der Waals surface area contributed by atoms with E-state index in [0.29, 0.717) is 0 Å². The number of rotatable bonds is 1. The van der Waals surface area contributed by atoms with E-state index >= 15 is 0 Å². The Morgan fingerprint density at radius 1 is 0.944 bits per heavy atom. The van der Waals surface area contributed by atoms with E-state index in [0.717, 1.165) is 18.9 Å². The second-order valence-corrected chi connectivity index (χ2v) is 5.34. The van der Waals surface area contributed by atoms with Gasteiger partial charge in [0.05, 0.1) is 0 Å². The maximum atomic E-state index is 4.66. The zero-order valence-corrected chi connectivity index (χ0v) is 11.2. The standard InChI is InChI=1S/C16H20N2/c1-12-6-7-13(2)15-11-17-16(10-14(12)15)18-8-4-3-5-9-18/h6-7,10-11H,3-5,8-9H2,1-2H3. The normalized spacial score (nSPS) is 16.2. The zero-order valence-electron chi connectivity index (χ0n) is 11.2. The first-order chi connectivity index (χ1) is 8.75. The first-order valence-electron chi connectivity index (χ1n) is 6.86. The van der Waals surface area contributed by atoms with Crippen LogP contribution in [0.25, 0.3) is 10.8 Å². The lowest BCUT2D eigenvalue weighted by atomic mass is 10.0. The average Bonchev–Trinajstić information content (AvgIpc) is 2.44. The Morgan fingerprint density at radius 3 is 2.33 bits per heavy atom. The third-order valence-electron chi connectivity index (χ3n) is 4.00. The molecule has 0 saturated carbocycles. The molecule has 0 bridgehead atoms. The molecule has 2 heteroatoms. The summed E-state index contributed by atoms with van der Waals surface area (Å²) in [5.41, 5.74) is 2.66. The molecule has 0 radical (unpaired) electrons. The fraction of sp³-hybridized carbons (Fsp3) is 0.438. The maximum absolute atomic E-state index is 4.66. The Kier molecular flexibility index (Phi) is 2.94. The van der Waals surface area contributed by atoms with Crippen LogP contribution in [0.3, 0.4) is 0 Å². The van der Waals surface area contributed by atoms with Crippen molar-refractivity contribution >= 4 is 16.6 Å². The smallest absolute Gasteiger partial charge is 0.129 e. The Labute approximate surface area is 109 Å². The van der Waals surface area contributed by atoms with Gasteiger partial charge in [-0.2, -0.15) is 0 Å². The number of piperidine rings is 1. The van der Waals surface area contributed by atoms with Crippen molar-refractivity contribution in [3.63, 3.8) is 0 Å². The molecule has 1 aromatic heterocycles. The van der Waals surface area contributed by atoms with Gasteiger partial charge in [-0.15, -0.1) is 0 Å². The second kappa shape index (κ2) is 4.60. The predicted molar refractivity (Wildman–Crippen MR) is 77.3 cm³/mol. The molecule has 0 atom stereocenters. The third kappa shape index (κ3) is 1.96. The van der Waals surface area contributed by atoms with Crippen LogP contribution in [0.15, 0.2) is 24.4 Å². The second-order valence-electron chi connectivity index (χ2n) is 5.34. The van der Waals surface area contributed by atoms with Gasteiger partial charge in [0.1, 0.15) is 5.82 Å². The molecule has 2 aromatic rings. The number of hydrogen-bond acceptors (Lipinski definition) is 2. The summed E-state index contributed by atoms with van der Waals surface area (Å²) in [4.78, 5) is 7.08. The molecule has 18 heavy (non-hydrogen) atoms. The molecule has 1 saturated heterocycles. The van der Waals surface area contributed by atoms with Gasteiger partial charge >= 0.3 is 0 Å². The van der Waals surface area contributed by atoms with Crippen molar-refractivity contribution in [1.29, 1.82) is 0 Å². The number of aryl methyl sites for hydroxylation is 2. The Bertz CT molecular complexity index is 569. The minimum atomic E-state index is 1.15. The zero-order chi connectivity index (χ0) is 12.5. The van der Waals surface area contributed by atoms with Crippen molar-refractivity contribution in [2.24, 2.45) is 0 Å². The van der Waals surface area contributed by atoms with Gasteiger partial charge in [-0.1, -0.05) is 12.1 Å². The average molecular weight is 240 g/mol. The Morgan fingerprint density at radius 2 is 1.61 bits per heavy atom. The van der Waals surface area contributed by atoms with Crippen LogP contribution in [0.2, 0.25) is 0 Å². The molecule has 3 rings (SSSR count). The molecule has 1 aliphatic rings. The summed E-state index contributed by atoms with van der Waals surface area (Å²) in [5, 5.41) is 2.64. The molecule has 94 valence electrons. The molecule has 0 aliphatic carbocycles. The highest BCUT2D eigenvalue weighted by molar-refractivity contribution is 5.89. The van der Waals surface area contributed by atoms with Crippen LogP contribution in [0.4, 0.5) is 5.82 Å². The molecule has 0 spiro atoms. The highest BCUT2D eigenvalue weighted by Gasteiger charge is 2.13. The highest BCUT2D eigenvalue weighted by Crippen LogP contribution is 2.26. The van der Waals surface area contributed by atoms with Crippen molar-refractivity contribution in [3.05, 3.63) is 35.5 Å². The van der Waals surface area contributed by atoms with E-state index in [1.165, 1.54) is 41.2 Å². The molecule has 1 fully saturated rings. The van der Waals surface area contributed by atoms with Gasteiger partial charge < -0.3 is 4.90 Å². The topological polar surface area (TPSA) is 16.1 Å². The Hall–Kier alpha value is -1.57. The van der Waals surface area contributed by atoms with E-state index in [4.69, 9.17) is 0 Å². The molecule has 2 heterocycles. The number of anilines is 1. The van der Waals surface area contributed by atoms with Crippen molar-refractivity contribution in [3.8, 4) is 0 Å². The fourth-order valence-corrected chi connectivity index (χ4v) is 2.81. The van der Waals surface area contributed by atoms with Gasteiger partial charge in [0.25, 0.3) is 0 Å². The monoisotopic (exact) mass is 240 g/mol. The number of benzene rings is 1. The molecular formula is C16H20N2. The van der Waals surface area contributed by atoms with E-state index in [1.807, 2.05) is 6.20 Å². The lowest BCUT2D eigenvalue weighted by Crippen LogP contribution is -2.30. The predicted octanol–water partition coefficient (Wildman–Crippen LogP) is 3.84. The van der Waals surface area contributed by atoms with Crippen LogP contribution in [0.1, 0.15) is 30.4 Å². The van der Waals surface area contributed by atoms with Gasteiger partial charge in [0.15, 0.2) is 0 Å². The van der Waals surface area contributed by atoms with Gasteiger partial charge in [-0.25, -0.2) is 4.98 Å². The molecular weight excluding hydrogens is 220 g/mol. The highest BCUT2D eigenvalue weighted by atomic mass is 15.2. The molecule has 0 amide bonds. The minimum Gasteiger partial charge on any atom is -0.357 e. The van der Waals surface area contributed by atoms with Gasteiger partial charge in [-0.05, 0) is 55.7 Å². The molecule has 0 unspecified atom stereocenters. The fourth-order valence-electron chi connectivity index (χ4n) is 2.81. The van der Waals surface area contributed by atoms with Crippen LogP contribution < -0.4 is 4.90 Å². The number of pyridine rings is 1. The summed E-state index contributed by atoms with van der Waals surface area (Å²) in [7, 11) is 0. The van der Waals surface area contributed by atoms with Gasteiger partial charge in [0.2, 0.25) is 0 Å². The van der Waals surface area contributed by atoms with E-state index in [2.05, 4.69) is 41.9 Å². The molecule has 2 nitrogen and oxygen atoms in total. The van der Waals surface area contributed by atoms with E-state index in [9.17, 15) is 0 Å².